The van der Waals surface area contributed by atoms with Crippen LogP contribution in [-0.4, -0.2) is 53.2 Å². The average molecular weight is 545 g/mol. The Morgan fingerprint density at radius 1 is 1.06 bits per heavy atom. The lowest BCUT2D eigenvalue weighted by molar-refractivity contribution is -0.142. The van der Waals surface area contributed by atoms with E-state index in [4.69, 9.17) is 10.5 Å². The van der Waals surface area contributed by atoms with Crippen molar-refractivity contribution in [2.75, 3.05) is 6.54 Å². The smallest absolute Gasteiger partial charge is 0.331 e. The third-order valence-electron chi connectivity index (χ3n) is 3.72. The van der Waals surface area contributed by atoms with E-state index in [1.165, 1.54) is 6.92 Å². The number of amides is 4. The Morgan fingerprint density at radius 2 is 1.71 bits per heavy atom. The highest BCUT2D eigenvalue weighted by molar-refractivity contribution is 14.1. The first-order chi connectivity index (χ1) is 14.6. The SMILES string of the molecule is C[C@H](NI)C(=O)N[C@@H](C)C(=O)NN(CC(N)=O)C(=O)/C=C/C(=O)OCc1ccccc1. The van der Waals surface area contributed by atoms with Crippen molar-refractivity contribution in [2.24, 2.45) is 5.73 Å². The number of carbonyl (C=O) groups is 5. The Bertz CT molecular complexity index is 832. The van der Waals surface area contributed by atoms with Crippen LogP contribution < -0.4 is 20.0 Å². The van der Waals surface area contributed by atoms with E-state index in [9.17, 15) is 24.0 Å². The van der Waals surface area contributed by atoms with E-state index in [-0.39, 0.29) is 6.61 Å². The minimum atomic E-state index is -1.01. The first-order valence-corrected chi connectivity index (χ1v) is 10.2. The van der Waals surface area contributed by atoms with Crippen LogP contribution in [0, 0.1) is 0 Å². The topological polar surface area (TPSA) is 160 Å². The summed E-state index contributed by atoms with van der Waals surface area (Å²) in [5.41, 5.74) is 8.07. The lowest BCUT2D eigenvalue weighted by Crippen LogP contribution is -2.56. The molecule has 0 unspecified atom stereocenters. The Kier molecular flexibility index (Phi) is 11.2. The highest BCUT2D eigenvalue weighted by Crippen LogP contribution is 2.01. The summed E-state index contributed by atoms with van der Waals surface area (Å²) < 4.78 is 7.70. The lowest BCUT2D eigenvalue weighted by Gasteiger charge is -2.23. The second-order valence-corrected chi connectivity index (χ2v) is 6.98. The van der Waals surface area contributed by atoms with Crippen LogP contribution >= 0.6 is 22.9 Å². The summed E-state index contributed by atoms with van der Waals surface area (Å²) in [6, 6.07) is 7.36. The summed E-state index contributed by atoms with van der Waals surface area (Å²) in [4.78, 5) is 59.5. The molecule has 2 atom stereocenters. The molecule has 0 saturated heterocycles. The molecule has 0 aliphatic heterocycles. The van der Waals surface area contributed by atoms with Crippen molar-refractivity contribution in [3.05, 3.63) is 48.0 Å². The van der Waals surface area contributed by atoms with Gasteiger partial charge in [-0.25, -0.2) is 13.3 Å². The second kappa shape index (κ2) is 13.3. The largest absolute Gasteiger partial charge is 0.458 e. The average Bonchev–Trinajstić information content (AvgIpc) is 2.75. The van der Waals surface area contributed by atoms with Gasteiger partial charge >= 0.3 is 5.97 Å². The number of nitrogens with two attached hydrogens (primary N) is 1. The van der Waals surface area contributed by atoms with Crippen LogP contribution in [0.25, 0.3) is 0 Å². The zero-order chi connectivity index (χ0) is 23.4. The molecule has 1 aromatic carbocycles. The van der Waals surface area contributed by atoms with Gasteiger partial charge in [-0.2, -0.15) is 0 Å². The van der Waals surface area contributed by atoms with Gasteiger partial charge in [0.15, 0.2) is 0 Å². The molecule has 0 heterocycles. The molecule has 1 rings (SSSR count). The molecule has 0 aliphatic carbocycles. The Hall–Kier alpha value is -3.00. The number of rotatable bonds is 10. The third-order valence-corrected chi connectivity index (χ3v) is 4.65. The summed E-state index contributed by atoms with van der Waals surface area (Å²) in [6.45, 7) is 2.37. The standard InChI is InChI=1S/C19H24IN5O6/c1-12(22-18(29)13(2)23-20)19(30)24-25(10-15(21)26)16(27)8-9-17(28)31-11-14-6-4-3-5-7-14/h3-9,12-13,23H,10-11H2,1-2H3,(H2,21,26)(H,22,29)(H,24,30)/b9-8+/t12-,13-/m0/s1. The molecule has 0 aromatic heterocycles. The van der Waals surface area contributed by atoms with Gasteiger partial charge in [-0.1, -0.05) is 30.3 Å². The second-order valence-electron chi connectivity index (χ2n) is 6.35. The van der Waals surface area contributed by atoms with Crippen LogP contribution in [-0.2, 0) is 35.3 Å². The van der Waals surface area contributed by atoms with E-state index >= 15 is 0 Å². The van der Waals surface area contributed by atoms with Crippen LogP contribution in [0.3, 0.4) is 0 Å². The summed E-state index contributed by atoms with van der Waals surface area (Å²) in [6.07, 6.45) is 1.70. The van der Waals surface area contributed by atoms with Crippen molar-refractivity contribution in [3.63, 3.8) is 0 Å². The maximum Gasteiger partial charge on any atom is 0.331 e. The van der Waals surface area contributed by atoms with Gasteiger partial charge in [-0.15, -0.1) is 0 Å². The number of primary amides is 1. The molecule has 5 N–H and O–H groups in total. The van der Waals surface area contributed by atoms with E-state index < -0.39 is 48.2 Å². The molecule has 11 nitrogen and oxygen atoms in total. The van der Waals surface area contributed by atoms with Gasteiger partial charge in [0, 0.05) is 35.0 Å². The van der Waals surface area contributed by atoms with E-state index in [1.54, 1.807) is 54.1 Å². The fourth-order valence-corrected chi connectivity index (χ4v) is 2.30. The predicted octanol–water partition coefficient (Wildman–Crippen LogP) is -0.536. The number of carbonyl (C=O) groups excluding carboxylic acids is 5. The molecular formula is C19H24IN5O6. The quantitative estimate of drug-likeness (QED) is 0.101. The number of esters is 1. The van der Waals surface area contributed by atoms with Gasteiger partial charge < -0.3 is 15.8 Å². The van der Waals surface area contributed by atoms with Crippen molar-refractivity contribution in [2.45, 2.75) is 32.5 Å². The fourth-order valence-electron chi connectivity index (χ4n) is 2.02. The Labute approximate surface area is 193 Å². The van der Waals surface area contributed by atoms with Gasteiger partial charge in [-0.05, 0) is 19.4 Å². The molecule has 0 radical (unpaired) electrons. The molecule has 1 aromatic rings. The number of ether oxygens (including phenoxy) is 1. The van der Waals surface area contributed by atoms with E-state index in [0.717, 1.165) is 17.7 Å². The molecule has 0 aliphatic rings. The van der Waals surface area contributed by atoms with Crippen LogP contribution in [0.4, 0.5) is 0 Å². The zero-order valence-corrected chi connectivity index (χ0v) is 19.1. The molecule has 31 heavy (non-hydrogen) atoms. The summed E-state index contributed by atoms with van der Waals surface area (Å²) in [7, 11) is 0. The predicted molar refractivity (Wildman–Crippen MR) is 119 cm³/mol. The van der Waals surface area contributed by atoms with E-state index in [1.807, 2.05) is 6.07 Å². The maximum atomic E-state index is 12.3. The van der Waals surface area contributed by atoms with Crippen LogP contribution in [0.1, 0.15) is 19.4 Å². The van der Waals surface area contributed by atoms with Gasteiger partial charge in [-0.3, -0.25) is 24.6 Å². The third kappa shape index (κ3) is 10.0. The van der Waals surface area contributed by atoms with E-state index in [2.05, 4.69) is 14.3 Å². The highest BCUT2D eigenvalue weighted by atomic mass is 127. The number of nitrogens with zero attached hydrogens (tertiary/aromatic N) is 1. The van der Waals surface area contributed by atoms with Crippen LogP contribution in [0.5, 0.6) is 0 Å². The van der Waals surface area contributed by atoms with Gasteiger partial charge in [0.1, 0.15) is 19.2 Å². The summed E-state index contributed by atoms with van der Waals surface area (Å²) >= 11 is 1.80. The first kappa shape index (κ1) is 26.0. The highest BCUT2D eigenvalue weighted by Gasteiger charge is 2.23. The van der Waals surface area contributed by atoms with Crippen molar-refractivity contribution < 1.29 is 28.7 Å². The number of benzene rings is 1. The minimum absolute atomic E-state index is 0.0155. The zero-order valence-electron chi connectivity index (χ0n) is 17.0. The number of hydrazine groups is 1. The number of nitrogens with one attached hydrogen (secondary N) is 3. The summed E-state index contributed by atoms with van der Waals surface area (Å²) in [5.74, 6) is -3.77. The maximum absolute atomic E-state index is 12.3. The molecule has 12 heteroatoms. The van der Waals surface area contributed by atoms with Gasteiger partial charge in [0.05, 0.1) is 6.04 Å². The van der Waals surface area contributed by atoms with Crippen molar-refractivity contribution in [1.82, 2.24) is 19.3 Å². The minimum Gasteiger partial charge on any atom is -0.458 e. The fraction of sp³-hybridized carbons (Fsp3) is 0.316. The molecular weight excluding hydrogens is 521 g/mol. The Morgan fingerprint density at radius 3 is 2.29 bits per heavy atom. The number of hydrogen-bond donors (Lipinski definition) is 4. The van der Waals surface area contributed by atoms with Crippen molar-refractivity contribution >= 4 is 52.5 Å². The van der Waals surface area contributed by atoms with Crippen molar-refractivity contribution in [3.8, 4) is 0 Å². The van der Waals surface area contributed by atoms with Crippen LogP contribution in [0.2, 0.25) is 0 Å². The number of hydrogen-bond acceptors (Lipinski definition) is 7. The molecule has 0 saturated carbocycles. The first-order valence-electron chi connectivity index (χ1n) is 9.09. The van der Waals surface area contributed by atoms with Crippen molar-refractivity contribution in [1.29, 1.82) is 0 Å². The number of halogens is 1. The summed E-state index contributed by atoms with van der Waals surface area (Å²) in [5, 5.41) is 3.08. The molecule has 0 bridgehead atoms. The molecule has 168 valence electrons. The monoisotopic (exact) mass is 545 g/mol. The lowest BCUT2D eigenvalue weighted by atomic mass is 10.2. The molecule has 0 spiro atoms. The van der Waals surface area contributed by atoms with E-state index in [0.29, 0.717) is 5.01 Å². The van der Waals surface area contributed by atoms with Gasteiger partial charge in [0.25, 0.3) is 11.8 Å². The van der Waals surface area contributed by atoms with Gasteiger partial charge in [0.2, 0.25) is 11.8 Å². The molecule has 0 fully saturated rings. The van der Waals surface area contributed by atoms with Crippen LogP contribution in [0.15, 0.2) is 42.5 Å². The normalized spacial score (nSPS) is 12.5. The molecule has 4 amide bonds. The Balaban J connectivity index is 2.68.